The summed E-state index contributed by atoms with van der Waals surface area (Å²) in [6.07, 6.45) is 9.61. The topological polar surface area (TPSA) is 37.7 Å². The highest BCUT2D eigenvalue weighted by Crippen LogP contribution is 2.46. The molecule has 26 heavy (non-hydrogen) atoms. The van der Waals surface area contributed by atoms with E-state index in [-0.39, 0.29) is 0 Å². The van der Waals surface area contributed by atoms with Crippen LogP contribution in [0, 0.1) is 18.8 Å². The zero-order valence-electron chi connectivity index (χ0n) is 17.2. The van der Waals surface area contributed by atoms with E-state index in [4.69, 9.17) is 9.72 Å². The number of aryl methyl sites for hydroxylation is 1. The molecule has 0 N–H and O–H groups in total. The van der Waals surface area contributed by atoms with E-state index in [0.29, 0.717) is 12.0 Å². The van der Waals surface area contributed by atoms with E-state index >= 15 is 0 Å². The van der Waals surface area contributed by atoms with Gasteiger partial charge in [0.05, 0.1) is 17.7 Å². The summed E-state index contributed by atoms with van der Waals surface area (Å²) in [7, 11) is 2.04. The zero-order valence-corrected chi connectivity index (χ0v) is 17.2. The second-order valence-corrected chi connectivity index (χ2v) is 8.48. The number of aromatic nitrogens is 1. The van der Waals surface area contributed by atoms with Gasteiger partial charge in [0.1, 0.15) is 6.10 Å². The van der Waals surface area contributed by atoms with E-state index < -0.39 is 0 Å². The van der Waals surface area contributed by atoms with Crippen molar-refractivity contribution in [2.45, 2.75) is 78.2 Å². The van der Waals surface area contributed by atoms with Crippen LogP contribution in [0.25, 0.3) is 0 Å². The van der Waals surface area contributed by atoms with Gasteiger partial charge in [0.25, 0.3) is 0 Å². The molecule has 2 saturated carbocycles. The van der Waals surface area contributed by atoms with E-state index in [0.717, 1.165) is 48.5 Å². The Hall–Kier alpha value is -1.58. The first-order valence-corrected chi connectivity index (χ1v) is 10.4. The van der Waals surface area contributed by atoms with Gasteiger partial charge >= 0.3 is 0 Å². The van der Waals surface area contributed by atoms with Crippen LogP contribution < -0.4 is 4.74 Å². The van der Waals surface area contributed by atoms with Crippen molar-refractivity contribution in [2.75, 3.05) is 13.6 Å². The highest BCUT2D eigenvalue weighted by Gasteiger charge is 2.31. The summed E-state index contributed by atoms with van der Waals surface area (Å²) < 4.78 is 6.43. The van der Waals surface area contributed by atoms with Crippen molar-refractivity contribution in [2.24, 2.45) is 16.8 Å². The number of pyridine rings is 1. The molecule has 0 aliphatic heterocycles. The number of hydrogen-bond acceptors (Lipinski definition) is 3. The molecule has 2 aliphatic carbocycles. The molecule has 2 aliphatic rings. The van der Waals surface area contributed by atoms with E-state index in [1.165, 1.54) is 31.2 Å². The first-order valence-electron chi connectivity index (χ1n) is 10.4. The molecule has 3 rings (SSSR count). The van der Waals surface area contributed by atoms with Crippen LogP contribution in [0.15, 0.2) is 11.1 Å². The molecule has 2 fully saturated rings. The van der Waals surface area contributed by atoms with Gasteiger partial charge in [0.15, 0.2) is 0 Å². The summed E-state index contributed by atoms with van der Waals surface area (Å²) >= 11 is 0. The highest BCUT2D eigenvalue weighted by molar-refractivity contribution is 5.63. The van der Waals surface area contributed by atoms with Crippen molar-refractivity contribution in [3.8, 4) is 5.88 Å². The molecule has 0 saturated heterocycles. The fraction of sp³-hybridized carbons (Fsp3) is 0.727. The normalized spacial score (nSPS) is 23.6. The quantitative estimate of drug-likeness (QED) is 0.479. The number of hydrogen-bond donors (Lipinski definition) is 0. The lowest BCUT2D eigenvalue weighted by Gasteiger charge is -2.31. The first kappa shape index (κ1) is 19.2. The molecule has 0 spiro atoms. The van der Waals surface area contributed by atoms with Gasteiger partial charge in [-0.25, -0.2) is 9.98 Å². The summed E-state index contributed by atoms with van der Waals surface area (Å²) in [5.74, 6) is 3.14. The molecule has 144 valence electrons. The fourth-order valence-electron chi connectivity index (χ4n) is 3.77. The summed E-state index contributed by atoms with van der Waals surface area (Å²) in [4.78, 5) is 11.6. The SMILES string of the molecule is CCN(C)C=Nc1cc(C2CC2)c(OC2CCC(C(C)C)CC2)nc1C. The minimum absolute atomic E-state index is 0.329. The Morgan fingerprint density at radius 1 is 1.23 bits per heavy atom. The van der Waals surface area contributed by atoms with Crippen molar-refractivity contribution in [3.63, 3.8) is 0 Å². The predicted molar refractivity (Wildman–Crippen MR) is 109 cm³/mol. The fourth-order valence-corrected chi connectivity index (χ4v) is 3.77. The molecule has 0 aromatic carbocycles. The minimum atomic E-state index is 0.329. The van der Waals surface area contributed by atoms with Crippen molar-refractivity contribution in [1.82, 2.24) is 9.88 Å². The Kier molecular flexibility index (Phi) is 6.20. The summed E-state index contributed by atoms with van der Waals surface area (Å²) in [6, 6.07) is 2.22. The van der Waals surface area contributed by atoms with Crippen LogP contribution in [0.4, 0.5) is 5.69 Å². The average molecular weight is 358 g/mol. The van der Waals surface area contributed by atoms with Crippen molar-refractivity contribution < 1.29 is 4.74 Å². The molecular formula is C22H35N3O. The summed E-state index contributed by atoms with van der Waals surface area (Å²) in [5, 5.41) is 0. The minimum Gasteiger partial charge on any atom is -0.474 e. The lowest BCUT2D eigenvalue weighted by molar-refractivity contribution is 0.111. The van der Waals surface area contributed by atoms with Gasteiger partial charge in [-0.15, -0.1) is 0 Å². The third-order valence-corrected chi connectivity index (χ3v) is 6.03. The second-order valence-electron chi connectivity index (χ2n) is 8.48. The molecule has 4 heteroatoms. The van der Waals surface area contributed by atoms with Crippen LogP contribution in [0.5, 0.6) is 5.88 Å². The Morgan fingerprint density at radius 3 is 2.50 bits per heavy atom. The molecule has 1 aromatic heterocycles. The molecule has 0 radical (unpaired) electrons. The number of rotatable bonds is 7. The molecule has 0 unspecified atom stereocenters. The third-order valence-electron chi connectivity index (χ3n) is 6.03. The third kappa shape index (κ3) is 4.77. The van der Waals surface area contributed by atoms with Crippen molar-refractivity contribution in [3.05, 3.63) is 17.3 Å². The molecular weight excluding hydrogens is 322 g/mol. The van der Waals surface area contributed by atoms with Gasteiger partial charge in [0, 0.05) is 19.2 Å². The maximum absolute atomic E-state index is 6.43. The molecule has 0 bridgehead atoms. The van der Waals surface area contributed by atoms with Crippen LogP contribution in [0.2, 0.25) is 0 Å². The van der Waals surface area contributed by atoms with E-state index in [1.54, 1.807) is 0 Å². The second kappa shape index (κ2) is 8.41. The van der Waals surface area contributed by atoms with Crippen molar-refractivity contribution in [1.29, 1.82) is 0 Å². The number of nitrogens with zero attached hydrogens (tertiary/aromatic N) is 3. The van der Waals surface area contributed by atoms with Gasteiger partial charge in [-0.3, -0.25) is 0 Å². The smallest absolute Gasteiger partial charge is 0.217 e. The maximum Gasteiger partial charge on any atom is 0.217 e. The van der Waals surface area contributed by atoms with Crippen LogP contribution in [-0.2, 0) is 0 Å². The maximum atomic E-state index is 6.43. The molecule has 0 atom stereocenters. The van der Waals surface area contributed by atoms with Gasteiger partial charge in [-0.1, -0.05) is 13.8 Å². The summed E-state index contributed by atoms with van der Waals surface area (Å²) in [5.41, 5.74) is 3.21. The average Bonchev–Trinajstić information content (AvgIpc) is 3.46. The molecule has 1 aromatic rings. The first-order chi connectivity index (χ1) is 12.5. The zero-order chi connectivity index (χ0) is 18.7. The highest BCUT2D eigenvalue weighted by atomic mass is 16.5. The Bertz CT molecular complexity index is 629. The standard InChI is InChI=1S/C22H35N3O/c1-6-25(5)14-23-21-13-20(18-7-8-18)22(24-16(21)4)26-19-11-9-17(10-12-19)15(2)3/h13-15,17-19H,6-12H2,1-5H3. The van der Waals surface area contributed by atoms with Gasteiger partial charge in [-0.05, 0) is 76.2 Å². The monoisotopic (exact) mass is 357 g/mol. The number of ether oxygens (including phenoxy) is 1. The predicted octanol–water partition coefficient (Wildman–Crippen LogP) is 5.47. The van der Waals surface area contributed by atoms with Gasteiger partial charge < -0.3 is 9.64 Å². The van der Waals surface area contributed by atoms with Crippen LogP contribution in [0.1, 0.15) is 76.5 Å². The Balaban J connectivity index is 1.73. The molecule has 1 heterocycles. The lowest BCUT2D eigenvalue weighted by Crippen LogP contribution is -2.27. The van der Waals surface area contributed by atoms with Crippen molar-refractivity contribution >= 4 is 12.0 Å². The van der Waals surface area contributed by atoms with Gasteiger partial charge in [-0.2, -0.15) is 0 Å². The van der Waals surface area contributed by atoms with Crippen LogP contribution in [-0.4, -0.2) is 35.9 Å². The van der Waals surface area contributed by atoms with Gasteiger partial charge in [0.2, 0.25) is 5.88 Å². The molecule has 4 nitrogen and oxygen atoms in total. The summed E-state index contributed by atoms with van der Waals surface area (Å²) in [6.45, 7) is 9.80. The van der Waals surface area contributed by atoms with E-state index in [2.05, 4.69) is 36.7 Å². The number of aliphatic imine (C=N–C) groups is 1. The lowest BCUT2D eigenvalue weighted by atomic mass is 9.80. The van der Waals surface area contributed by atoms with E-state index in [9.17, 15) is 0 Å². The molecule has 0 amide bonds. The van der Waals surface area contributed by atoms with Crippen LogP contribution in [0.3, 0.4) is 0 Å². The van der Waals surface area contributed by atoms with E-state index in [1.807, 2.05) is 20.3 Å². The van der Waals surface area contributed by atoms with Crippen LogP contribution >= 0.6 is 0 Å². The Morgan fingerprint density at radius 2 is 1.92 bits per heavy atom. The Labute approximate surface area is 159 Å². The largest absolute Gasteiger partial charge is 0.474 e.